The second-order valence-corrected chi connectivity index (χ2v) is 11.1. The summed E-state index contributed by atoms with van der Waals surface area (Å²) in [6, 6.07) is 22.4. The second kappa shape index (κ2) is 12.4. The van der Waals surface area contributed by atoms with Gasteiger partial charge in [0.25, 0.3) is 5.91 Å². The van der Waals surface area contributed by atoms with Crippen molar-refractivity contribution in [1.29, 1.82) is 0 Å². The fourth-order valence-electron chi connectivity index (χ4n) is 5.46. The first-order valence-electron chi connectivity index (χ1n) is 14.2. The fourth-order valence-corrected chi connectivity index (χ4v) is 5.46. The predicted octanol–water partition coefficient (Wildman–Crippen LogP) is 5.85. The van der Waals surface area contributed by atoms with Crippen LogP contribution in [0, 0.1) is 20.8 Å². The first kappa shape index (κ1) is 29.4. The van der Waals surface area contributed by atoms with E-state index in [0.29, 0.717) is 5.56 Å². The monoisotopic (exact) mass is 577 g/mol. The molecule has 0 saturated carbocycles. The molecule has 0 aliphatic rings. The Morgan fingerprint density at radius 2 is 1.60 bits per heavy atom. The third-order valence-electron chi connectivity index (χ3n) is 7.68. The van der Waals surface area contributed by atoms with E-state index < -0.39 is 24.0 Å². The molecule has 0 unspecified atom stereocenters. The van der Waals surface area contributed by atoms with Crippen molar-refractivity contribution in [1.82, 2.24) is 15.2 Å². The lowest BCUT2D eigenvalue weighted by Gasteiger charge is -2.29. The molecule has 8 heteroatoms. The van der Waals surface area contributed by atoms with Crippen molar-refractivity contribution in [3.05, 3.63) is 119 Å². The number of carboxylic acid groups (broad SMARTS) is 1. The van der Waals surface area contributed by atoms with Crippen molar-refractivity contribution in [2.45, 2.75) is 45.7 Å². The first-order valence-corrected chi connectivity index (χ1v) is 14.2. The number of aromatic nitrogens is 1. The highest BCUT2D eigenvalue weighted by molar-refractivity contribution is 5.98. The van der Waals surface area contributed by atoms with E-state index >= 15 is 0 Å². The van der Waals surface area contributed by atoms with Crippen LogP contribution in [0.25, 0.3) is 22.2 Å². The van der Waals surface area contributed by atoms with Crippen LogP contribution in [0.2, 0.25) is 0 Å². The largest absolute Gasteiger partial charge is 0.480 e. The topological polar surface area (TPSA) is 116 Å². The van der Waals surface area contributed by atoms with Crippen molar-refractivity contribution >= 4 is 28.7 Å². The zero-order valence-electron chi connectivity index (χ0n) is 24.7. The number of nitrogens with zero attached hydrogens (tertiary/aromatic N) is 1. The number of rotatable bonds is 10. The lowest BCUT2D eigenvalue weighted by atomic mass is 9.99. The molecule has 2 heterocycles. The maximum atomic E-state index is 13.9. The van der Waals surface area contributed by atoms with Crippen LogP contribution in [0.4, 0.5) is 0 Å². The van der Waals surface area contributed by atoms with Gasteiger partial charge in [-0.25, -0.2) is 4.79 Å². The molecular weight excluding hydrogens is 542 g/mol. The molecule has 0 saturated heterocycles. The third kappa shape index (κ3) is 6.70. The Labute approximate surface area is 250 Å². The maximum absolute atomic E-state index is 13.9. The minimum atomic E-state index is -1.19. The highest BCUT2D eigenvalue weighted by atomic mass is 16.4. The molecule has 3 N–H and O–H groups in total. The molecule has 0 radical (unpaired) electrons. The molecule has 220 valence electrons. The lowest BCUT2D eigenvalue weighted by molar-refractivity contribution is -0.142. The molecule has 3 aromatic carbocycles. The van der Waals surface area contributed by atoms with E-state index in [4.69, 9.17) is 4.42 Å². The number of carbonyl (C=O) groups is 3. The number of hydrogen-bond acceptors (Lipinski definition) is 4. The Hall–Kier alpha value is -5.11. The number of carboxylic acids is 1. The third-order valence-corrected chi connectivity index (χ3v) is 7.68. The summed E-state index contributed by atoms with van der Waals surface area (Å²) in [5.74, 6) is -0.472. The minimum Gasteiger partial charge on any atom is -0.480 e. The van der Waals surface area contributed by atoms with Crippen molar-refractivity contribution in [2.75, 3.05) is 7.05 Å². The molecule has 8 nitrogen and oxygen atoms in total. The van der Waals surface area contributed by atoms with Gasteiger partial charge in [0.05, 0.1) is 0 Å². The number of nitrogens with one attached hydrogen (secondary N) is 2. The Balaban J connectivity index is 1.42. The van der Waals surface area contributed by atoms with Crippen LogP contribution in [0.1, 0.15) is 38.4 Å². The van der Waals surface area contributed by atoms with Crippen molar-refractivity contribution < 1.29 is 23.9 Å². The van der Waals surface area contributed by atoms with Gasteiger partial charge >= 0.3 is 5.97 Å². The number of furan rings is 1. The van der Waals surface area contributed by atoms with Gasteiger partial charge in [-0.15, -0.1) is 0 Å². The van der Waals surface area contributed by atoms with Gasteiger partial charge in [0.15, 0.2) is 0 Å². The number of para-hydroxylation sites is 1. The van der Waals surface area contributed by atoms with Gasteiger partial charge < -0.3 is 24.7 Å². The fraction of sp³-hybridized carbons (Fsp3) is 0.229. The smallest absolute Gasteiger partial charge is 0.326 e. The van der Waals surface area contributed by atoms with E-state index in [1.54, 1.807) is 25.4 Å². The number of amides is 2. The number of H-pyrrole nitrogens is 1. The van der Waals surface area contributed by atoms with E-state index in [9.17, 15) is 19.5 Å². The van der Waals surface area contributed by atoms with E-state index in [0.717, 1.165) is 50.2 Å². The summed E-state index contributed by atoms with van der Waals surface area (Å²) in [4.78, 5) is 44.4. The van der Waals surface area contributed by atoms with Gasteiger partial charge in [-0.3, -0.25) is 9.59 Å². The van der Waals surface area contributed by atoms with Crippen LogP contribution in [-0.2, 0) is 22.4 Å². The number of benzene rings is 3. The van der Waals surface area contributed by atoms with Crippen molar-refractivity contribution in [3.63, 3.8) is 0 Å². The molecule has 2 amide bonds. The average molecular weight is 578 g/mol. The highest BCUT2D eigenvalue weighted by Crippen LogP contribution is 2.24. The minimum absolute atomic E-state index is 0.0871. The summed E-state index contributed by atoms with van der Waals surface area (Å²) in [5, 5.41) is 13.7. The number of aryl methyl sites for hydroxylation is 3. The standard InChI is InChI=1S/C35H35N3O5/c1-21-15-22(2)17-26(16-21)34(40)38(4)31(18-24-10-12-25(13-11-24)32-14-9-23(3)43-32)33(39)37-30(35(41)42)19-27-20-36-29-8-6-5-7-28(27)29/h5-17,20,30-31,36H,18-19H2,1-4H3,(H,37,39)(H,41,42)/t30-,31+/m0/s1. The van der Waals surface area contributed by atoms with Gasteiger partial charge in [-0.05, 0) is 62.2 Å². The van der Waals surface area contributed by atoms with E-state index in [-0.39, 0.29) is 18.7 Å². The molecule has 2 aromatic heterocycles. The van der Waals surface area contributed by atoms with E-state index in [2.05, 4.69) is 10.3 Å². The number of aromatic amines is 1. The Morgan fingerprint density at radius 1 is 0.907 bits per heavy atom. The van der Waals surface area contributed by atoms with Gasteiger partial charge in [0.1, 0.15) is 23.6 Å². The van der Waals surface area contributed by atoms with Gasteiger partial charge in [-0.1, -0.05) is 59.7 Å². The van der Waals surface area contributed by atoms with Crippen LogP contribution in [-0.4, -0.2) is 51.9 Å². The average Bonchev–Trinajstić information content (AvgIpc) is 3.60. The van der Waals surface area contributed by atoms with Crippen LogP contribution in [0.3, 0.4) is 0 Å². The molecule has 5 aromatic rings. The molecule has 0 spiro atoms. The summed E-state index contributed by atoms with van der Waals surface area (Å²) < 4.78 is 5.73. The van der Waals surface area contributed by atoms with Gasteiger partial charge in [0, 0.05) is 48.1 Å². The highest BCUT2D eigenvalue weighted by Gasteiger charge is 2.32. The number of fused-ring (bicyclic) bond motifs is 1. The van der Waals surface area contributed by atoms with Gasteiger partial charge in [0.2, 0.25) is 5.91 Å². The Bertz CT molecular complexity index is 1760. The maximum Gasteiger partial charge on any atom is 0.326 e. The normalized spacial score (nSPS) is 12.6. The molecule has 2 atom stereocenters. The summed E-state index contributed by atoms with van der Waals surface area (Å²) in [6.07, 6.45) is 2.04. The number of carbonyl (C=O) groups excluding carboxylic acids is 2. The SMILES string of the molecule is Cc1cc(C)cc(C(=O)N(C)[C@H](Cc2ccc(-c3ccc(C)o3)cc2)C(=O)N[C@@H](Cc2c[nH]c3ccccc23)C(=O)O)c1. The molecule has 0 bridgehead atoms. The summed E-state index contributed by atoms with van der Waals surface area (Å²) >= 11 is 0. The summed E-state index contributed by atoms with van der Waals surface area (Å²) in [7, 11) is 1.58. The predicted molar refractivity (Wildman–Crippen MR) is 166 cm³/mol. The van der Waals surface area contributed by atoms with Crippen LogP contribution < -0.4 is 5.32 Å². The zero-order chi connectivity index (χ0) is 30.7. The Kier molecular flexibility index (Phi) is 8.48. The molecule has 0 aliphatic heterocycles. The molecule has 0 fully saturated rings. The quantitative estimate of drug-likeness (QED) is 0.193. The van der Waals surface area contributed by atoms with Crippen LogP contribution in [0.5, 0.6) is 0 Å². The second-order valence-electron chi connectivity index (χ2n) is 11.1. The summed E-state index contributed by atoms with van der Waals surface area (Å²) in [6.45, 7) is 5.71. The van der Waals surface area contributed by atoms with Crippen molar-refractivity contribution in [3.8, 4) is 11.3 Å². The summed E-state index contributed by atoms with van der Waals surface area (Å²) in [5.41, 5.74) is 5.71. The zero-order valence-corrected chi connectivity index (χ0v) is 24.7. The van der Waals surface area contributed by atoms with Crippen LogP contribution >= 0.6 is 0 Å². The first-order chi connectivity index (χ1) is 20.6. The molecule has 0 aliphatic carbocycles. The van der Waals surface area contributed by atoms with E-state index in [1.807, 2.05) is 87.5 Å². The van der Waals surface area contributed by atoms with E-state index in [1.165, 1.54) is 4.90 Å². The van der Waals surface area contributed by atoms with Crippen molar-refractivity contribution in [2.24, 2.45) is 0 Å². The van der Waals surface area contributed by atoms with Gasteiger partial charge in [-0.2, -0.15) is 0 Å². The number of aliphatic carboxylic acids is 1. The molecule has 43 heavy (non-hydrogen) atoms. The number of likely N-dealkylation sites (N-methyl/N-ethyl adjacent to an activating group) is 1. The molecule has 5 rings (SSSR count). The molecular formula is C35H35N3O5. The Morgan fingerprint density at radius 3 is 2.26 bits per heavy atom. The van der Waals surface area contributed by atoms with Crippen LogP contribution in [0.15, 0.2) is 89.5 Å². The lowest BCUT2D eigenvalue weighted by Crippen LogP contribution is -2.53. The number of hydrogen-bond donors (Lipinski definition) is 3.